The van der Waals surface area contributed by atoms with Crippen LogP contribution in [-0.2, 0) is 27.9 Å². The van der Waals surface area contributed by atoms with E-state index in [4.69, 9.17) is 13.8 Å². The van der Waals surface area contributed by atoms with Crippen molar-refractivity contribution in [2.45, 2.75) is 315 Å². The topological polar surface area (TPSA) is 111 Å². The van der Waals surface area contributed by atoms with Gasteiger partial charge in [-0.15, -0.1) is 0 Å². The monoisotopic (exact) mass is 1150 g/mol. The average Bonchev–Trinajstić information content (AvgIpc) is 3.44. The smallest absolute Gasteiger partial charge is 0.456 e. The van der Waals surface area contributed by atoms with Gasteiger partial charge in [0, 0.05) is 12.8 Å². The molecular formula is C71H130N2O7P+. The number of esters is 1. The van der Waals surface area contributed by atoms with E-state index in [9.17, 15) is 19.0 Å². The molecule has 0 rings (SSSR count). The van der Waals surface area contributed by atoms with Crippen LogP contribution in [0.25, 0.3) is 0 Å². The van der Waals surface area contributed by atoms with Crippen LogP contribution in [0.2, 0.25) is 0 Å². The highest BCUT2D eigenvalue weighted by atomic mass is 31.2. The molecule has 0 aromatic heterocycles. The normalized spacial score (nSPS) is 14.1. The van der Waals surface area contributed by atoms with Gasteiger partial charge in [-0.2, -0.15) is 0 Å². The molecule has 0 aliphatic rings. The molecule has 81 heavy (non-hydrogen) atoms. The second kappa shape index (κ2) is 60.3. The Morgan fingerprint density at radius 2 is 0.753 bits per heavy atom. The molecule has 0 bridgehead atoms. The highest BCUT2D eigenvalue weighted by molar-refractivity contribution is 7.47. The van der Waals surface area contributed by atoms with Crippen LogP contribution in [0.3, 0.4) is 0 Å². The zero-order valence-corrected chi connectivity index (χ0v) is 54.7. The molecule has 0 spiro atoms. The number of quaternary nitrogens is 1. The number of carbonyl (C=O) groups excluding carboxylic acids is 2. The highest BCUT2D eigenvalue weighted by Gasteiger charge is 2.30. The number of hydrogen-bond acceptors (Lipinski definition) is 6. The summed E-state index contributed by atoms with van der Waals surface area (Å²) >= 11 is 0. The first-order valence-electron chi connectivity index (χ1n) is 33.9. The molecule has 0 aromatic rings. The van der Waals surface area contributed by atoms with Crippen LogP contribution in [0.15, 0.2) is 85.1 Å². The summed E-state index contributed by atoms with van der Waals surface area (Å²) in [7, 11) is 1.49. The average molecular weight is 1150 g/mol. The molecule has 10 heteroatoms. The van der Waals surface area contributed by atoms with Gasteiger partial charge in [0.05, 0.1) is 33.8 Å². The highest BCUT2D eigenvalue weighted by Crippen LogP contribution is 2.43. The molecule has 470 valence electrons. The molecule has 0 saturated heterocycles. The van der Waals surface area contributed by atoms with Gasteiger partial charge < -0.3 is 19.4 Å². The number of nitrogens with one attached hydrogen (secondary N) is 1. The third kappa shape index (κ3) is 61.6. The lowest BCUT2D eigenvalue weighted by Crippen LogP contribution is -2.47. The van der Waals surface area contributed by atoms with Gasteiger partial charge in [0.2, 0.25) is 5.91 Å². The van der Waals surface area contributed by atoms with Gasteiger partial charge in [-0.25, -0.2) is 4.57 Å². The van der Waals surface area contributed by atoms with E-state index in [1.807, 2.05) is 33.3 Å². The summed E-state index contributed by atoms with van der Waals surface area (Å²) in [5, 5.41) is 3.06. The Balaban J connectivity index is 5.06. The molecule has 0 aliphatic carbocycles. The Kier molecular flexibility index (Phi) is 58.2. The van der Waals surface area contributed by atoms with Crippen LogP contribution in [0.5, 0.6) is 0 Å². The number of phosphoric acid groups is 1. The number of amides is 1. The van der Waals surface area contributed by atoms with E-state index >= 15 is 0 Å². The number of likely N-dealkylation sites (N-methyl/N-ethyl adjacent to an activating group) is 1. The van der Waals surface area contributed by atoms with Crippen LogP contribution < -0.4 is 5.32 Å². The van der Waals surface area contributed by atoms with Gasteiger partial charge in [-0.05, 0) is 109 Å². The van der Waals surface area contributed by atoms with Crippen molar-refractivity contribution >= 4 is 19.7 Å². The second-order valence-electron chi connectivity index (χ2n) is 24.0. The molecule has 1 amide bonds. The Morgan fingerprint density at radius 3 is 1.15 bits per heavy atom. The summed E-state index contributed by atoms with van der Waals surface area (Å²) < 4.78 is 30.7. The lowest BCUT2D eigenvalue weighted by molar-refractivity contribution is -0.870. The fourth-order valence-electron chi connectivity index (χ4n) is 9.54. The van der Waals surface area contributed by atoms with Gasteiger partial charge in [-0.1, -0.05) is 267 Å². The number of rotatable bonds is 61. The predicted molar refractivity (Wildman–Crippen MR) is 351 cm³/mol. The minimum atomic E-state index is -4.46. The fourth-order valence-corrected chi connectivity index (χ4v) is 10.3. The van der Waals surface area contributed by atoms with Gasteiger partial charge in [0.25, 0.3) is 0 Å². The molecule has 0 aliphatic heterocycles. The lowest BCUT2D eigenvalue weighted by atomic mass is 10.0. The van der Waals surface area contributed by atoms with Gasteiger partial charge in [-0.3, -0.25) is 18.6 Å². The molecule has 0 radical (unpaired) electrons. The maximum atomic E-state index is 13.6. The van der Waals surface area contributed by atoms with Crippen LogP contribution in [-0.4, -0.2) is 74.3 Å². The first kappa shape index (κ1) is 78.2. The third-order valence-electron chi connectivity index (χ3n) is 14.8. The summed E-state index contributed by atoms with van der Waals surface area (Å²) in [5.74, 6) is -0.515. The predicted octanol–water partition coefficient (Wildman–Crippen LogP) is 21.3. The summed E-state index contributed by atoms with van der Waals surface area (Å²) in [6, 6.07) is -0.857. The van der Waals surface area contributed by atoms with Crippen molar-refractivity contribution in [3.8, 4) is 0 Å². The van der Waals surface area contributed by atoms with Crippen molar-refractivity contribution < 1.29 is 37.3 Å². The van der Waals surface area contributed by atoms with E-state index in [0.29, 0.717) is 17.4 Å². The number of phosphoric ester groups is 1. The summed E-state index contributed by atoms with van der Waals surface area (Å²) in [6.07, 6.45) is 80.1. The first-order valence-corrected chi connectivity index (χ1v) is 35.4. The molecular weight excluding hydrogens is 1020 g/mol. The van der Waals surface area contributed by atoms with E-state index < -0.39 is 20.0 Å². The lowest BCUT2D eigenvalue weighted by Gasteiger charge is -2.27. The zero-order chi connectivity index (χ0) is 59.3. The van der Waals surface area contributed by atoms with E-state index in [2.05, 4.69) is 99.0 Å². The number of unbranched alkanes of at least 4 members (excludes halogenated alkanes) is 33. The second-order valence-corrected chi connectivity index (χ2v) is 25.4. The number of carbonyl (C=O) groups is 2. The Hall–Kier alpha value is -2.81. The molecule has 0 aromatic carbocycles. The van der Waals surface area contributed by atoms with Crippen molar-refractivity contribution in [3.05, 3.63) is 85.1 Å². The molecule has 0 heterocycles. The largest absolute Gasteiger partial charge is 0.472 e. The first-order chi connectivity index (χ1) is 39.4. The van der Waals surface area contributed by atoms with Crippen LogP contribution in [0, 0.1) is 0 Å². The standard InChI is InChI=1S/C71H129N2O7P/c1-7-10-13-16-19-22-25-27-29-31-32-33-34-35-36-37-38-39-40-42-44-46-49-52-55-58-61-64-71(75)80-69(62-59-56-53-50-47-24-21-18-15-12-9-3)68(67-79-81(76,77)78-66-65-73(4,5)6)72-70(74)63-60-57-54-51-48-45-43-41-30-28-26-23-20-17-14-11-8-2/h19-20,22-23,27-30,32-33,35-36,59,62,68-69H,7-18,21,24-26,31,34,37-58,60-61,63-67H2,1-6H3,(H-,72,74,76,77)/p+1/b22-19-,23-20-,29-27-,30-28-,33-32-,36-35-,62-59-. The Morgan fingerprint density at radius 1 is 0.432 bits per heavy atom. The van der Waals surface area contributed by atoms with E-state index in [0.717, 1.165) is 96.3 Å². The molecule has 0 saturated carbocycles. The van der Waals surface area contributed by atoms with Gasteiger partial charge in [0.15, 0.2) is 0 Å². The molecule has 3 atom stereocenters. The maximum Gasteiger partial charge on any atom is 0.472 e. The van der Waals surface area contributed by atoms with Gasteiger partial charge in [0.1, 0.15) is 19.3 Å². The van der Waals surface area contributed by atoms with Crippen molar-refractivity contribution in [2.75, 3.05) is 40.9 Å². The minimum absolute atomic E-state index is 0.0355. The van der Waals surface area contributed by atoms with Crippen LogP contribution in [0.1, 0.15) is 303 Å². The summed E-state index contributed by atoms with van der Waals surface area (Å²) in [5.41, 5.74) is 0. The van der Waals surface area contributed by atoms with E-state index in [1.54, 1.807) is 0 Å². The van der Waals surface area contributed by atoms with E-state index in [1.165, 1.54) is 173 Å². The van der Waals surface area contributed by atoms with E-state index in [-0.39, 0.29) is 31.5 Å². The van der Waals surface area contributed by atoms with Crippen LogP contribution in [0.4, 0.5) is 0 Å². The summed E-state index contributed by atoms with van der Waals surface area (Å²) in [4.78, 5) is 37.8. The maximum absolute atomic E-state index is 13.6. The molecule has 9 nitrogen and oxygen atoms in total. The van der Waals surface area contributed by atoms with Crippen molar-refractivity contribution in [2.24, 2.45) is 0 Å². The van der Waals surface area contributed by atoms with Crippen molar-refractivity contribution in [1.82, 2.24) is 5.32 Å². The molecule has 0 fully saturated rings. The quantitative estimate of drug-likeness (QED) is 0.0205. The number of ether oxygens (including phenoxy) is 1. The minimum Gasteiger partial charge on any atom is -0.456 e. The third-order valence-corrected chi connectivity index (χ3v) is 15.8. The Bertz CT molecular complexity index is 1660. The molecule has 2 N–H and O–H groups in total. The Labute approximate surface area is 501 Å². The SMILES string of the molecule is CCCCC/C=C\C/C=C\C/C=C\C/C=C\CCCCCCCCCCCCCC(=O)OC(/C=C\CCCCCCCCCCC)C(COP(=O)(O)OCC[N+](C)(C)C)NC(=O)CCCCCCCCC/C=C\C/C=C\CCCCC. The number of nitrogens with zero attached hydrogens (tertiary/aromatic N) is 1. The molecule has 3 unspecified atom stereocenters. The van der Waals surface area contributed by atoms with Gasteiger partial charge >= 0.3 is 13.8 Å². The zero-order valence-electron chi connectivity index (χ0n) is 53.8. The number of allylic oxidation sites excluding steroid dienone is 13. The van der Waals surface area contributed by atoms with Crippen LogP contribution >= 0.6 is 7.82 Å². The number of hydrogen-bond donors (Lipinski definition) is 2. The van der Waals surface area contributed by atoms with Crippen molar-refractivity contribution in [1.29, 1.82) is 0 Å². The fraction of sp³-hybridized carbons (Fsp3) is 0.775. The summed E-state index contributed by atoms with van der Waals surface area (Å²) in [6.45, 7) is 6.96. The van der Waals surface area contributed by atoms with Crippen molar-refractivity contribution in [3.63, 3.8) is 0 Å².